The maximum atomic E-state index is 12.4. The molecule has 0 aromatic carbocycles. The van der Waals surface area contributed by atoms with E-state index in [1.807, 2.05) is 20.9 Å². The molecule has 0 amide bonds. The van der Waals surface area contributed by atoms with Crippen molar-refractivity contribution in [1.82, 2.24) is 9.78 Å². The number of hydrogen-bond acceptors (Lipinski definition) is 4. The molecule has 2 aliphatic rings. The molecule has 116 valence electrons. The minimum atomic E-state index is -0.244. The fourth-order valence-corrected chi connectivity index (χ4v) is 3.88. The van der Waals surface area contributed by atoms with E-state index >= 15 is 0 Å². The van der Waals surface area contributed by atoms with Crippen molar-refractivity contribution in [2.75, 3.05) is 6.61 Å². The third-order valence-electron chi connectivity index (χ3n) is 5.32. The number of aryl methyl sites for hydroxylation is 1. The lowest BCUT2D eigenvalue weighted by molar-refractivity contribution is -0.188. The molecule has 21 heavy (non-hydrogen) atoms. The van der Waals surface area contributed by atoms with E-state index in [1.165, 1.54) is 12.8 Å². The maximum absolute atomic E-state index is 12.4. The van der Waals surface area contributed by atoms with Crippen LogP contribution in [0.2, 0.25) is 0 Å². The quantitative estimate of drug-likeness (QED) is 0.801. The Bertz CT molecular complexity index is 532. The van der Waals surface area contributed by atoms with Crippen molar-refractivity contribution in [3.05, 3.63) is 17.5 Å². The van der Waals surface area contributed by atoms with E-state index < -0.39 is 0 Å². The predicted octanol–water partition coefficient (Wildman–Crippen LogP) is 2.62. The van der Waals surface area contributed by atoms with Gasteiger partial charge < -0.3 is 9.47 Å². The third kappa shape index (κ3) is 2.27. The van der Waals surface area contributed by atoms with Crippen molar-refractivity contribution in [1.29, 1.82) is 0 Å². The second-order valence-corrected chi connectivity index (χ2v) is 6.28. The van der Waals surface area contributed by atoms with Gasteiger partial charge >= 0.3 is 5.97 Å². The van der Waals surface area contributed by atoms with Crippen LogP contribution >= 0.6 is 0 Å². The van der Waals surface area contributed by atoms with Gasteiger partial charge in [0.25, 0.3) is 0 Å². The average Bonchev–Trinajstić information content (AvgIpc) is 3.08. The van der Waals surface area contributed by atoms with Gasteiger partial charge in [-0.3, -0.25) is 4.68 Å². The summed E-state index contributed by atoms with van der Waals surface area (Å²) in [5, 5.41) is 4.11. The van der Waals surface area contributed by atoms with E-state index in [9.17, 15) is 4.79 Å². The second kappa shape index (κ2) is 5.44. The minimum Gasteiger partial charge on any atom is -0.458 e. The number of carbonyl (C=O) groups is 1. The highest BCUT2D eigenvalue weighted by atomic mass is 16.6. The van der Waals surface area contributed by atoms with Crippen molar-refractivity contribution < 1.29 is 14.3 Å². The number of carbonyl (C=O) groups excluding carboxylic acids is 1. The van der Waals surface area contributed by atoms with Gasteiger partial charge in [-0.05, 0) is 26.7 Å². The molecule has 1 heterocycles. The topological polar surface area (TPSA) is 53.4 Å². The molecule has 2 atom stereocenters. The van der Waals surface area contributed by atoms with Gasteiger partial charge in [-0.25, -0.2) is 4.79 Å². The van der Waals surface area contributed by atoms with Crippen LogP contribution in [0, 0.1) is 12.3 Å². The molecule has 0 aliphatic heterocycles. The molecule has 2 saturated carbocycles. The summed E-state index contributed by atoms with van der Waals surface area (Å²) in [6.45, 7) is 4.65. The fraction of sp³-hybridized carbons (Fsp3) is 0.750. The summed E-state index contributed by atoms with van der Waals surface area (Å²) in [5.41, 5.74) is 1.49. The number of aromatic nitrogens is 2. The van der Waals surface area contributed by atoms with E-state index in [4.69, 9.17) is 9.47 Å². The molecule has 2 unspecified atom stereocenters. The standard InChI is InChI=1S/C16H24N2O3/c1-4-20-13-9-14(16(13)7-5-6-8-16)21-15(19)12-10-17-18(3)11(12)2/h10,13-14H,4-9H2,1-3H3. The summed E-state index contributed by atoms with van der Waals surface area (Å²) in [5.74, 6) is -0.244. The van der Waals surface area contributed by atoms with Crippen LogP contribution in [0.1, 0.15) is 55.1 Å². The smallest absolute Gasteiger partial charge is 0.341 e. The Morgan fingerprint density at radius 1 is 1.43 bits per heavy atom. The van der Waals surface area contributed by atoms with Crippen LogP contribution in [-0.2, 0) is 16.5 Å². The molecule has 5 nitrogen and oxygen atoms in total. The van der Waals surface area contributed by atoms with E-state index in [0.717, 1.165) is 31.6 Å². The summed E-state index contributed by atoms with van der Waals surface area (Å²) in [6.07, 6.45) is 7.34. The number of hydrogen-bond donors (Lipinski definition) is 0. The molecule has 2 aliphatic carbocycles. The summed E-state index contributed by atoms with van der Waals surface area (Å²) < 4.78 is 13.4. The fourth-order valence-electron chi connectivity index (χ4n) is 3.88. The molecule has 1 aromatic rings. The molecule has 1 spiro atoms. The second-order valence-electron chi connectivity index (χ2n) is 6.28. The van der Waals surface area contributed by atoms with Gasteiger partial charge in [0, 0.05) is 31.2 Å². The first-order valence-corrected chi connectivity index (χ1v) is 7.89. The Morgan fingerprint density at radius 2 is 2.14 bits per heavy atom. The zero-order valence-corrected chi connectivity index (χ0v) is 13.1. The van der Waals surface area contributed by atoms with E-state index in [1.54, 1.807) is 10.9 Å². The van der Waals surface area contributed by atoms with Crippen LogP contribution < -0.4 is 0 Å². The zero-order chi connectivity index (χ0) is 15.0. The first-order valence-electron chi connectivity index (χ1n) is 7.89. The van der Waals surface area contributed by atoms with Crippen LogP contribution in [0.5, 0.6) is 0 Å². The maximum Gasteiger partial charge on any atom is 0.341 e. The Labute approximate surface area is 125 Å². The van der Waals surface area contributed by atoms with Gasteiger partial charge in [-0.15, -0.1) is 0 Å². The molecule has 0 N–H and O–H groups in total. The van der Waals surface area contributed by atoms with Crippen LogP contribution in [0.3, 0.4) is 0 Å². The highest BCUT2D eigenvalue weighted by Crippen LogP contribution is 2.56. The Kier molecular flexibility index (Phi) is 3.78. The van der Waals surface area contributed by atoms with Crippen molar-refractivity contribution in [3.8, 4) is 0 Å². The largest absolute Gasteiger partial charge is 0.458 e. The molecule has 0 saturated heterocycles. The molecule has 3 rings (SSSR count). The van der Waals surface area contributed by atoms with Gasteiger partial charge in [0.2, 0.25) is 0 Å². The first kappa shape index (κ1) is 14.6. The SMILES string of the molecule is CCOC1CC(OC(=O)c2cnn(C)c2C)C12CCCC2. The van der Waals surface area contributed by atoms with Crippen molar-refractivity contribution in [2.24, 2.45) is 12.5 Å². The van der Waals surface area contributed by atoms with Crippen LogP contribution in [0.15, 0.2) is 6.20 Å². The lowest BCUT2D eigenvalue weighted by Crippen LogP contribution is -2.58. The Morgan fingerprint density at radius 3 is 2.71 bits per heavy atom. The van der Waals surface area contributed by atoms with Crippen molar-refractivity contribution in [3.63, 3.8) is 0 Å². The van der Waals surface area contributed by atoms with E-state index in [0.29, 0.717) is 5.56 Å². The number of rotatable bonds is 4. The highest BCUT2D eigenvalue weighted by molar-refractivity contribution is 5.90. The summed E-state index contributed by atoms with van der Waals surface area (Å²) in [6, 6.07) is 0. The monoisotopic (exact) mass is 292 g/mol. The van der Waals surface area contributed by atoms with Crippen LogP contribution in [0.25, 0.3) is 0 Å². The zero-order valence-electron chi connectivity index (χ0n) is 13.1. The Hall–Kier alpha value is -1.36. The molecule has 5 heteroatoms. The molecule has 1 aromatic heterocycles. The van der Waals surface area contributed by atoms with Gasteiger partial charge in [-0.1, -0.05) is 12.8 Å². The average molecular weight is 292 g/mol. The van der Waals surface area contributed by atoms with Crippen molar-refractivity contribution in [2.45, 2.75) is 58.2 Å². The summed E-state index contributed by atoms with van der Waals surface area (Å²) in [7, 11) is 1.83. The van der Waals surface area contributed by atoms with Gasteiger partial charge in [-0.2, -0.15) is 5.10 Å². The van der Waals surface area contributed by atoms with E-state index in [-0.39, 0.29) is 23.6 Å². The van der Waals surface area contributed by atoms with Crippen molar-refractivity contribution >= 4 is 5.97 Å². The molecule has 0 radical (unpaired) electrons. The van der Waals surface area contributed by atoms with E-state index in [2.05, 4.69) is 5.10 Å². The number of esters is 1. The minimum absolute atomic E-state index is 0.00339. The Balaban J connectivity index is 1.70. The molecular formula is C16H24N2O3. The van der Waals surface area contributed by atoms with Gasteiger partial charge in [0.05, 0.1) is 12.3 Å². The molecule has 2 fully saturated rings. The van der Waals surface area contributed by atoms with Crippen LogP contribution in [-0.4, -0.2) is 34.6 Å². The number of nitrogens with zero attached hydrogens (tertiary/aromatic N) is 2. The molecule has 0 bridgehead atoms. The normalized spacial score (nSPS) is 26.8. The van der Waals surface area contributed by atoms with Crippen LogP contribution in [0.4, 0.5) is 0 Å². The predicted molar refractivity (Wildman–Crippen MR) is 78.1 cm³/mol. The highest BCUT2D eigenvalue weighted by Gasteiger charge is 2.58. The third-order valence-corrected chi connectivity index (χ3v) is 5.32. The molecular weight excluding hydrogens is 268 g/mol. The lowest BCUT2D eigenvalue weighted by atomic mass is 9.62. The summed E-state index contributed by atoms with van der Waals surface area (Å²) >= 11 is 0. The summed E-state index contributed by atoms with van der Waals surface area (Å²) in [4.78, 5) is 12.4. The lowest BCUT2D eigenvalue weighted by Gasteiger charge is -2.52. The number of ether oxygens (including phenoxy) is 2. The first-order chi connectivity index (χ1) is 10.1. The van der Waals surface area contributed by atoms with Gasteiger partial charge in [0.1, 0.15) is 11.7 Å². The van der Waals surface area contributed by atoms with Gasteiger partial charge in [0.15, 0.2) is 0 Å².